The van der Waals surface area contributed by atoms with E-state index in [1.165, 1.54) is 6.92 Å². The van der Waals surface area contributed by atoms with E-state index in [1.54, 1.807) is 0 Å². The number of ketones is 2. The highest BCUT2D eigenvalue weighted by molar-refractivity contribution is 6.36. The van der Waals surface area contributed by atoms with Crippen LogP contribution in [0.5, 0.6) is 0 Å². The summed E-state index contributed by atoms with van der Waals surface area (Å²) in [5, 5.41) is 8.51. The summed E-state index contributed by atoms with van der Waals surface area (Å²) in [5.74, 6) is -1.71. The molecule has 0 aliphatic carbocycles. The minimum absolute atomic E-state index is 0.292. The van der Waals surface area contributed by atoms with Gasteiger partial charge in [-0.25, -0.2) is 0 Å². The van der Waals surface area contributed by atoms with Gasteiger partial charge in [-0.2, -0.15) is 0 Å². The van der Waals surface area contributed by atoms with Gasteiger partial charge in [-0.1, -0.05) is 19.3 Å². The van der Waals surface area contributed by atoms with Crippen LogP contribution in [0.4, 0.5) is 0 Å². The molecule has 3 N–H and O–H groups in total. The fraction of sp³-hybridized carbons (Fsp3) is 0.727. The molecular formula is C11H19NO4. The molecule has 0 saturated heterocycles. The molecule has 0 aliphatic heterocycles. The highest BCUT2D eigenvalue weighted by Gasteiger charge is 2.10. The molecule has 0 spiro atoms. The minimum Gasteiger partial charge on any atom is -0.480 e. The van der Waals surface area contributed by atoms with Crippen molar-refractivity contribution in [2.24, 2.45) is 5.73 Å². The number of aliphatic carboxylic acids is 1. The number of rotatable bonds is 9. The van der Waals surface area contributed by atoms with Crippen LogP contribution in [0.3, 0.4) is 0 Å². The first kappa shape index (κ1) is 14.8. The Morgan fingerprint density at radius 3 is 2.19 bits per heavy atom. The van der Waals surface area contributed by atoms with Gasteiger partial charge >= 0.3 is 5.97 Å². The maximum Gasteiger partial charge on any atom is 0.320 e. The fourth-order valence-corrected chi connectivity index (χ4v) is 1.30. The van der Waals surface area contributed by atoms with E-state index in [2.05, 4.69) is 0 Å². The van der Waals surface area contributed by atoms with Crippen molar-refractivity contribution in [3.8, 4) is 0 Å². The van der Waals surface area contributed by atoms with E-state index in [0.29, 0.717) is 19.3 Å². The van der Waals surface area contributed by atoms with E-state index in [-0.39, 0.29) is 5.78 Å². The van der Waals surface area contributed by atoms with Gasteiger partial charge < -0.3 is 10.8 Å². The molecular weight excluding hydrogens is 210 g/mol. The topological polar surface area (TPSA) is 97.5 Å². The Kier molecular flexibility index (Phi) is 7.37. The summed E-state index contributed by atoms with van der Waals surface area (Å²) in [6.45, 7) is 1.27. The van der Waals surface area contributed by atoms with Crippen molar-refractivity contribution < 1.29 is 19.5 Å². The van der Waals surface area contributed by atoms with Gasteiger partial charge in [-0.15, -0.1) is 0 Å². The zero-order chi connectivity index (χ0) is 12.6. The van der Waals surface area contributed by atoms with Crippen molar-refractivity contribution in [3.05, 3.63) is 0 Å². The maximum absolute atomic E-state index is 10.9. The molecule has 16 heavy (non-hydrogen) atoms. The van der Waals surface area contributed by atoms with Crippen molar-refractivity contribution in [1.29, 1.82) is 0 Å². The number of carbonyl (C=O) groups excluding carboxylic acids is 2. The van der Waals surface area contributed by atoms with Crippen LogP contribution in [0.25, 0.3) is 0 Å². The average molecular weight is 229 g/mol. The van der Waals surface area contributed by atoms with Gasteiger partial charge in [0.05, 0.1) is 0 Å². The predicted molar refractivity (Wildman–Crippen MR) is 59.0 cm³/mol. The Bertz CT molecular complexity index is 263. The third-order valence-electron chi connectivity index (χ3n) is 2.38. The Labute approximate surface area is 95.0 Å². The van der Waals surface area contributed by atoms with Crippen LogP contribution >= 0.6 is 0 Å². The molecule has 0 aromatic carbocycles. The highest BCUT2D eigenvalue weighted by atomic mass is 16.4. The van der Waals surface area contributed by atoms with Crippen LogP contribution in [0.15, 0.2) is 0 Å². The largest absolute Gasteiger partial charge is 0.480 e. The molecule has 0 aliphatic rings. The molecule has 5 nitrogen and oxygen atoms in total. The highest BCUT2D eigenvalue weighted by Crippen LogP contribution is 2.07. The first-order valence-corrected chi connectivity index (χ1v) is 5.47. The summed E-state index contributed by atoms with van der Waals surface area (Å²) < 4.78 is 0. The van der Waals surface area contributed by atoms with Crippen molar-refractivity contribution in [2.45, 2.75) is 51.5 Å². The fourth-order valence-electron chi connectivity index (χ4n) is 1.30. The maximum atomic E-state index is 10.9. The summed E-state index contributed by atoms with van der Waals surface area (Å²) in [4.78, 5) is 31.9. The van der Waals surface area contributed by atoms with Crippen LogP contribution in [-0.2, 0) is 14.4 Å². The molecule has 0 amide bonds. The van der Waals surface area contributed by atoms with Crippen LogP contribution in [-0.4, -0.2) is 28.7 Å². The second-order valence-electron chi connectivity index (χ2n) is 3.88. The number of carboxylic acids is 1. The standard InChI is InChI=1S/C11H19NO4/c1-8(13)10(14)7-5-3-2-4-6-9(12)11(15)16/h9H,2-7,12H2,1H3,(H,15,16). The van der Waals surface area contributed by atoms with Crippen molar-refractivity contribution >= 4 is 17.5 Å². The number of nitrogens with two attached hydrogens (primary N) is 1. The quantitative estimate of drug-likeness (QED) is 0.452. The number of unbranched alkanes of at least 4 members (excludes halogenated alkanes) is 3. The first-order chi connectivity index (χ1) is 7.45. The SMILES string of the molecule is CC(=O)C(=O)CCCCCCC(N)C(=O)O. The summed E-state index contributed by atoms with van der Waals surface area (Å²) >= 11 is 0. The Balaban J connectivity index is 3.38. The molecule has 0 aromatic rings. The van der Waals surface area contributed by atoms with Gasteiger partial charge in [0.2, 0.25) is 0 Å². The molecule has 0 aromatic heterocycles. The summed E-state index contributed by atoms with van der Waals surface area (Å²) in [5.41, 5.74) is 5.32. The van der Waals surface area contributed by atoms with E-state index < -0.39 is 17.8 Å². The van der Waals surface area contributed by atoms with Gasteiger partial charge in [0.1, 0.15) is 6.04 Å². The first-order valence-electron chi connectivity index (χ1n) is 5.47. The van der Waals surface area contributed by atoms with Crippen molar-refractivity contribution in [2.75, 3.05) is 0 Å². The molecule has 1 atom stereocenters. The number of hydrogen-bond acceptors (Lipinski definition) is 4. The lowest BCUT2D eigenvalue weighted by Gasteiger charge is -2.05. The zero-order valence-electron chi connectivity index (χ0n) is 9.57. The zero-order valence-corrected chi connectivity index (χ0v) is 9.57. The molecule has 5 heteroatoms. The van der Waals surface area contributed by atoms with Gasteiger partial charge in [-0.05, 0) is 12.8 Å². The van der Waals surface area contributed by atoms with E-state index in [9.17, 15) is 14.4 Å². The number of Topliss-reactive ketones (excluding diaryl/α,β-unsaturated/α-hetero) is 2. The Morgan fingerprint density at radius 2 is 1.69 bits per heavy atom. The molecule has 0 rings (SSSR count). The Hall–Kier alpha value is -1.23. The summed E-state index contributed by atoms with van der Waals surface area (Å²) in [7, 11) is 0. The van der Waals surface area contributed by atoms with Crippen LogP contribution in [0.1, 0.15) is 45.4 Å². The summed E-state index contributed by atoms with van der Waals surface area (Å²) in [6, 6.07) is -0.793. The smallest absolute Gasteiger partial charge is 0.320 e. The number of hydrogen-bond donors (Lipinski definition) is 2. The third-order valence-corrected chi connectivity index (χ3v) is 2.38. The van der Waals surface area contributed by atoms with Gasteiger partial charge in [-0.3, -0.25) is 14.4 Å². The van der Waals surface area contributed by atoms with Crippen LogP contribution < -0.4 is 5.73 Å². The third kappa shape index (κ3) is 7.11. The molecule has 0 heterocycles. The second kappa shape index (κ2) is 7.98. The van der Waals surface area contributed by atoms with E-state index >= 15 is 0 Å². The lowest BCUT2D eigenvalue weighted by molar-refractivity contribution is -0.138. The molecule has 0 bridgehead atoms. The molecule has 0 saturated carbocycles. The lowest BCUT2D eigenvalue weighted by atomic mass is 10.0. The van der Waals surface area contributed by atoms with E-state index in [1.807, 2.05) is 0 Å². The molecule has 0 fully saturated rings. The van der Waals surface area contributed by atoms with Crippen LogP contribution in [0.2, 0.25) is 0 Å². The lowest BCUT2D eigenvalue weighted by Crippen LogP contribution is -2.29. The second-order valence-corrected chi connectivity index (χ2v) is 3.88. The number of carbonyl (C=O) groups is 3. The van der Waals surface area contributed by atoms with E-state index in [4.69, 9.17) is 10.8 Å². The van der Waals surface area contributed by atoms with Gasteiger partial charge in [0.15, 0.2) is 11.6 Å². The predicted octanol–water partition coefficient (Wildman–Crippen LogP) is 0.897. The molecule has 0 radical (unpaired) electrons. The van der Waals surface area contributed by atoms with Gasteiger partial charge in [0.25, 0.3) is 0 Å². The average Bonchev–Trinajstić information content (AvgIpc) is 2.21. The van der Waals surface area contributed by atoms with Crippen molar-refractivity contribution in [3.63, 3.8) is 0 Å². The monoisotopic (exact) mass is 229 g/mol. The normalized spacial score (nSPS) is 12.1. The minimum atomic E-state index is -0.980. The summed E-state index contributed by atoms with van der Waals surface area (Å²) in [6.07, 6.45) is 3.83. The van der Waals surface area contributed by atoms with E-state index in [0.717, 1.165) is 19.3 Å². The number of carboxylic acid groups (broad SMARTS) is 1. The van der Waals surface area contributed by atoms with Crippen LogP contribution in [0, 0.1) is 0 Å². The van der Waals surface area contributed by atoms with Gasteiger partial charge in [0, 0.05) is 13.3 Å². The Morgan fingerprint density at radius 1 is 1.12 bits per heavy atom. The molecule has 92 valence electrons. The van der Waals surface area contributed by atoms with Crippen molar-refractivity contribution in [1.82, 2.24) is 0 Å². The molecule has 1 unspecified atom stereocenters.